The number of hydrogen-bond donors (Lipinski definition) is 1. The summed E-state index contributed by atoms with van der Waals surface area (Å²) in [6, 6.07) is 11.6. The Morgan fingerprint density at radius 3 is 2.41 bits per heavy atom. The van der Waals surface area contributed by atoms with Crippen LogP contribution in [0, 0.1) is 6.92 Å². The highest BCUT2D eigenvalue weighted by Gasteiger charge is 2.10. The number of phenolic OH excluding ortho intramolecular Hbond substituents is 1. The highest BCUT2D eigenvalue weighted by Crippen LogP contribution is 2.23. The Morgan fingerprint density at radius 1 is 1.09 bits per heavy atom. The minimum Gasteiger partial charge on any atom is -0.508 e. The monoisotopic (exact) mass is 300 g/mol. The number of carbonyl (C=O) groups excluding carboxylic acids is 1. The van der Waals surface area contributed by atoms with E-state index >= 15 is 0 Å². The molecule has 1 N–H and O–H groups in total. The smallest absolute Gasteiger partial charge is 0.343 e. The molecule has 0 aliphatic rings. The molecule has 4 heteroatoms. The van der Waals surface area contributed by atoms with Crippen molar-refractivity contribution in [1.82, 2.24) is 0 Å². The lowest BCUT2D eigenvalue weighted by atomic mass is 10.2. The number of phenols is 1. The van der Waals surface area contributed by atoms with Gasteiger partial charge in [-0.15, -0.1) is 0 Å². The molecule has 0 fully saturated rings. The summed E-state index contributed by atoms with van der Waals surface area (Å²) >= 11 is 0. The van der Waals surface area contributed by atoms with E-state index in [4.69, 9.17) is 9.47 Å². The van der Waals surface area contributed by atoms with E-state index in [2.05, 4.69) is 6.92 Å². The molecule has 2 rings (SSSR count). The first kappa shape index (κ1) is 15.9. The number of benzene rings is 2. The Bertz CT molecular complexity index is 632. The Hall–Kier alpha value is -2.49. The Labute approximate surface area is 130 Å². The van der Waals surface area contributed by atoms with Gasteiger partial charge in [0, 0.05) is 6.07 Å². The summed E-state index contributed by atoms with van der Waals surface area (Å²) < 4.78 is 10.8. The second-order valence-corrected chi connectivity index (χ2v) is 5.06. The molecular weight excluding hydrogens is 280 g/mol. The summed E-state index contributed by atoms with van der Waals surface area (Å²) in [6.45, 7) is 4.55. The first-order chi connectivity index (χ1) is 10.6. The highest BCUT2D eigenvalue weighted by molar-refractivity contribution is 5.91. The van der Waals surface area contributed by atoms with Gasteiger partial charge >= 0.3 is 5.97 Å². The van der Waals surface area contributed by atoms with Crippen LogP contribution < -0.4 is 9.47 Å². The second-order valence-electron chi connectivity index (χ2n) is 5.06. The number of rotatable bonds is 6. The van der Waals surface area contributed by atoms with Crippen molar-refractivity contribution < 1.29 is 19.4 Å². The van der Waals surface area contributed by atoms with Crippen molar-refractivity contribution in [1.29, 1.82) is 0 Å². The van der Waals surface area contributed by atoms with Crippen molar-refractivity contribution in [3.63, 3.8) is 0 Å². The number of aromatic hydroxyl groups is 1. The summed E-state index contributed by atoms with van der Waals surface area (Å²) in [5.74, 6) is 0.683. The average Bonchev–Trinajstić information content (AvgIpc) is 2.52. The fourth-order valence-electron chi connectivity index (χ4n) is 1.84. The summed E-state index contributed by atoms with van der Waals surface area (Å²) in [7, 11) is 0. The molecule has 0 bridgehead atoms. The van der Waals surface area contributed by atoms with Gasteiger partial charge < -0.3 is 14.6 Å². The molecular formula is C18H20O4. The maximum Gasteiger partial charge on any atom is 0.343 e. The summed E-state index contributed by atoms with van der Waals surface area (Å²) in [6.07, 6.45) is 2.08. The van der Waals surface area contributed by atoms with E-state index in [1.807, 2.05) is 0 Å². The topological polar surface area (TPSA) is 55.8 Å². The molecule has 0 saturated carbocycles. The molecule has 0 aliphatic heterocycles. The van der Waals surface area contributed by atoms with Crippen molar-refractivity contribution in [2.45, 2.75) is 26.7 Å². The van der Waals surface area contributed by atoms with Crippen LogP contribution in [-0.2, 0) is 0 Å². The Morgan fingerprint density at radius 2 is 1.77 bits per heavy atom. The fourth-order valence-corrected chi connectivity index (χ4v) is 1.84. The van der Waals surface area contributed by atoms with E-state index in [0.29, 0.717) is 17.9 Å². The third-order valence-electron chi connectivity index (χ3n) is 3.25. The van der Waals surface area contributed by atoms with Crippen molar-refractivity contribution in [3.05, 3.63) is 53.6 Å². The third-order valence-corrected chi connectivity index (χ3v) is 3.25. The average molecular weight is 300 g/mol. The minimum atomic E-state index is -0.469. The van der Waals surface area contributed by atoms with Crippen LogP contribution in [0.2, 0.25) is 0 Å². The van der Waals surface area contributed by atoms with E-state index in [9.17, 15) is 9.90 Å². The quantitative estimate of drug-likeness (QED) is 0.496. The van der Waals surface area contributed by atoms with Gasteiger partial charge in [0.2, 0.25) is 0 Å². The molecule has 0 heterocycles. The summed E-state index contributed by atoms with van der Waals surface area (Å²) in [5.41, 5.74) is 1.16. The first-order valence-electron chi connectivity index (χ1n) is 7.35. The highest BCUT2D eigenvalue weighted by atomic mass is 16.5. The maximum absolute atomic E-state index is 12.0. The first-order valence-corrected chi connectivity index (χ1v) is 7.35. The molecule has 2 aromatic carbocycles. The van der Waals surface area contributed by atoms with Crippen LogP contribution in [0.5, 0.6) is 17.2 Å². The largest absolute Gasteiger partial charge is 0.508 e. The number of carbonyl (C=O) groups is 1. The number of unbranched alkanes of at least 4 members (excludes halogenated alkanes) is 1. The number of esters is 1. The molecule has 0 amide bonds. The number of hydrogen-bond acceptors (Lipinski definition) is 4. The molecule has 0 aliphatic carbocycles. The molecule has 116 valence electrons. The molecule has 0 unspecified atom stereocenters. The molecule has 0 aromatic heterocycles. The van der Waals surface area contributed by atoms with Gasteiger partial charge in [0.15, 0.2) is 0 Å². The van der Waals surface area contributed by atoms with Crippen LogP contribution in [0.4, 0.5) is 0 Å². The van der Waals surface area contributed by atoms with E-state index in [-0.39, 0.29) is 5.75 Å². The van der Waals surface area contributed by atoms with Crippen LogP contribution in [0.25, 0.3) is 0 Å². The zero-order valence-corrected chi connectivity index (χ0v) is 12.8. The van der Waals surface area contributed by atoms with Gasteiger partial charge in [-0.3, -0.25) is 0 Å². The van der Waals surface area contributed by atoms with E-state index in [1.54, 1.807) is 43.3 Å². The summed E-state index contributed by atoms with van der Waals surface area (Å²) in [5, 5.41) is 9.61. The van der Waals surface area contributed by atoms with Gasteiger partial charge in [-0.1, -0.05) is 19.4 Å². The van der Waals surface area contributed by atoms with Crippen molar-refractivity contribution in [3.8, 4) is 17.2 Å². The van der Waals surface area contributed by atoms with Crippen molar-refractivity contribution >= 4 is 5.97 Å². The molecule has 0 radical (unpaired) electrons. The normalized spacial score (nSPS) is 10.3. The van der Waals surface area contributed by atoms with Crippen LogP contribution in [0.15, 0.2) is 42.5 Å². The summed E-state index contributed by atoms with van der Waals surface area (Å²) in [4.78, 5) is 12.0. The zero-order valence-electron chi connectivity index (χ0n) is 12.8. The van der Waals surface area contributed by atoms with Crippen molar-refractivity contribution in [2.75, 3.05) is 6.61 Å². The van der Waals surface area contributed by atoms with Gasteiger partial charge in [0.1, 0.15) is 17.2 Å². The van der Waals surface area contributed by atoms with Gasteiger partial charge in [0.25, 0.3) is 0 Å². The van der Waals surface area contributed by atoms with E-state index in [1.165, 1.54) is 6.07 Å². The zero-order chi connectivity index (χ0) is 15.9. The lowest BCUT2D eigenvalue weighted by molar-refractivity contribution is 0.0734. The van der Waals surface area contributed by atoms with Crippen LogP contribution >= 0.6 is 0 Å². The fraction of sp³-hybridized carbons (Fsp3) is 0.278. The van der Waals surface area contributed by atoms with Gasteiger partial charge in [-0.2, -0.15) is 0 Å². The van der Waals surface area contributed by atoms with E-state index < -0.39 is 5.97 Å². The maximum atomic E-state index is 12.0. The van der Waals surface area contributed by atoms with Crippen LogP contribution in [0.3, 0.4) is 0 Å². The van der Waals surface area contributed by atoms with Gasteiger partial charge in [-0.25, -0.2) is 4.79 Å². The molecule has 22 heavy (non-hydrogen) atoms. The molecule has 0 atom stereocenters. The van der Waals surface area contributed by atoms with Crippen LogP contribution in [0.1, 0.15) is 35.7 Å². The minimum absolute atomic E-state index is 0.102. The second kappa shape index (κ2) is 7.50. The number of ether oxygens (including phenoxy) is 2. The van der Waals surface area contributed by atoms with Gasteiger partial charge in [-0.05, 0) is 49.2 Å². The predicted molar refractivity (Wildman–Crippen MR) is 84.6 cm³/mol. The standard InChI is InChI=1S/C18H20O4/c1-3-4-11-21-15-9-6-14(7-10-15)18(20)22-16-8-5-13(2)17(19)12-16/h5-10,12,19H,3-4,11H2,1-2H3. The third kappa shape index (κ3) is 4.25. The van der Waals surface area contributed by atoms with Gasteiger partial charge in [0.05, 0.1) is 12.2 Å². The van der Waals surface area contributed by atoms with Crippen LogP contribution in [-0.4, -0.2) is 17.7 Å². The lowest BCUT2D eigenvalue weighted by Gasteiger charge is -2.08. The Kier molecular flexibility index (Phi) is 5.42. The molecule has 2 aromatic rings. The number of aryl methyl sites for hydroxylation is 1. The predicted octanol–water partition coefficient (Wildman–Crippen LogP) is 4.10. The Balaban J connectivity index is 1.98. The SMILES string of the molecule is CCCCOc1ccc(C(=O)Oc2ccc(C)c(O)c2)cc1. The molecule has 4 nitrogen and oxygen atoms in total. The lowest BCUT2D eigenvalue weighted by Crippen LogP contribution is -2.08. The van der Waals surface area contributed by atoms with Crippen molar-refractivity contribution in [2.24, 2.45) is 0 Å². The van der Waals surface area contributed by atoms with E-state index in [0.717, 1.165) is 24.2 Å². The molecule has 0 saturated heterocycles. The molecule has 0 spiro atoms.